The molecule has 0 aliphatic carbocycles. The van der Waals surface area contributed by atoms with E-state index in [1.807, 2.05) is 0 Å². The summed E-state index contributed by atoms with van der Waals surface area (Å²) in [5.74, 6) is -0.903. The van der Waals surface area contributed by atoms with Crippen molar-refractivity contribution < 1.29 is 63.6 Å². The average Bonchev–Trinajstić information content (AvgIpc) is 2.43. The zero-order valence-electron chi connectivity index (χ0n) is 15.7. The van der Waals surface area contributed by atoms with Crippen LogP contribution in [0.2, 0.25) is 0 Å². The summed E-state index contributed by atoms with van der Waals surface area (Å²) < 4.78 is 0. The van der Waals surface area contributed by atoms with Crippen LogP contribution in [0.5, 0.6) is 0 Å². The van der Waals surface area contributed by atoms with Gasteiger partial charge in [0, 0.05) is 5.97 Å². The van der Waals surface area contributed by atoms with Crippen molar-refractivity contribution in [3.8, 4) is 0 Å². The maximum absolute atomic E-state index is 10.2. The molecular formula is C18H35FNaO2Zn+. The van der Waals surface area contributed by atoms with Gasteiger partial charge in [-0.25, -0.2) is 0 Å². The molecule has 0 unspecified atom stereocenters. The molecule has 0 spiro atoms. The molecule has 0 aromatic heterocycles. The van der Waals surface area contributed by atoms with Gasteiger partial charge in [0.25, 0.3) is 0 Å². The van der Waals surface area contributed by atoms with Crippen LogP contribution in [0.1, 0.15) is 110 Å². The number of halogens is 1. The minimum atomic E-state index is -0.903. The molecule has 23 heavy (non-hydrogen) atoms. The fraction of sp³-hybridized carbons (Fsp3) is 0.944. The van der Waals surface area contributed by atoms with E-state index in [1.54, 1.807) is 0 Å². The average molecular weight is 391 g/mol. The third-order valence-corrected chi connectivity index (χ3v) is 3.98. The van der Waals surface area contributed by atoms with Crippen molar-refractivity contribution in [3.05, 3.63) is 0 Å². The van der Waals surface area contributed by atoms with Crippen LogP contribution in [-0.2, 0) is 24.3 Å². The smallest absolute Gasteiger partial charge is 1.00 e. The predicted molar refractivity (Wildman–Crippen MR) is 84.6 cm³/mol. The summed E-state index contributed by atoms with van der Waals surface area (Å²) in [5.41, 5.74) is 0. The summed E-state index contributed by atoms with van der Waals surface area (Å²) in [6, 6.07) is 0. The summed E-state index contributed by atoms with van der Waals surface area (Å²) in [7, 11) is 0. The minimum absolute atomic E-state index is 0. The van der Waals surface area contributed by atoms with Crippen molar-refractivity contribution >= 4 is 5.97 Å². The second-order valence-electron chi connectivity index (χ2n) is 6.07. The first kappa shape index (κ1) is 31.8. The Hall–Kier alpha value is 1.02. The number of unbranched alkanes of at least 4 members (excludes halogenated alkanes) is 14. The number of hydrogen-bond donors (Lipinski definition) is 0. The van der Waals surface area contributed by atoms with Gasteiger partial charge in [-0.15, -0.1) is 0 Å². The number of aliphatic carboxylic acids is 1. The first-order valence-corrected chi connectivity index (χ1v) is 8.97. The molecule has 0 bridgehead atoms. The zero-order valence-corrected chi connectivity index (χ0v) is 20.7. The van der Waals surface area contributed by atoms with Crippen molar-refractivity contribution in [2.24, 2.45) is 0 Å². The van der Waals surface area contributed by atoms with Crippen LogP contribution < -0.4 is 39.4 Å². The van der Waals surface area contributed by atoms with Gasteiger partial charge in [-0.2, -0.15) is 0 Å². The zero-order chi connectivity index (χ0) is 14.9. The Bertz CT molecular complexity index is 219. The molecule has 2 nitrogen and oxygen atoms in total. The van der Waals surface area contributed by atoms with Gasteiger partial charge in [0.15, 0.2) is 0 Å². The molecule has 0 N–H and O–H groups in total. The van der Waals surface area contributed by atoms with Gasteiger partial charge in [-0.1, -0.05) is 96.8 Å². The summed E-state index contributed by atoms with van der Waals surface area (Å²) in [6.45, 7) is 2.27. The van der Waals surface area contributed by atoms with Crippen LogP contribution in [0.25, 0.3) is 0 Å². The third-order valence-electron chi connectivity index (χ3n) is 3.98. The van der Waals surface area contributed by atoms with Gasteiger partial charge in [-0.05, 0) is 12.8 Å². The van der Waals surface area contributed by atoms with Gasteiger partial charge in [0.2, 0.25) is 0 Å². The van der Waals surface area contributed by atoms with Gasteiger partial charge >= 0.3 is 49.0 Å². The van der Waals surface area contributed by atoms with Crippen LogP contribution in [0.4, 0.5) is 0 Å². The Balaban J connectivity index is -0.000000602. The number of rotatable bonds is 16. The van der Waals surface area contributed by atoms with Gasteiger partial charge in [0.05, 0.1) is 0 Å². The molecule has 0 saturated carbocycles. The standard InChI is InChI=1S/C18H36O2.FH.Na.Zn/c1-2-3-4-5-6-7-8-9-10-11-12-13-14-15-16-17-18(19)20;;;/h2-17H2,1H3,(H,19,20);1H;;/q;;+1;+2/p-2. The summed E-state index contributed by atoms with van der Waals surface area (Å²) in [6.07, 6.45) is 19.9. The van der Waals surface area contributed by atoms with Gasteiger partial charge in [0.1, 0.15) is 0 Å². The van der Waals surface area contributed by atoms with Crippen LogP contribution in [0, 0.1) is 0 Å². The second-order valence-corrected chi connectivity index (χ2v) is 6.07. The molecule has 128 valence electrons. The molecule has 0 fully saturated rings. The van der Waals surface area contributed by atoms with Crippen LogP contribution in [0.3, 0.4) is 0 Å². The van der Waals surface area contributed by atoms with E-state index in [4.69, 9.17) is 0 Å². The van der Waals surface area contributed by atoms with Crippen molar-refractivity contribution in [1.29, 1.82) is 0 Å². The van der Waals surface area contributed by atoms with Crippen molar-refractivity contribution in [1.82, 2.24) is 0 Å². The van der Waals surface area contributed by atoms with Crippen LogP contribution >= 0.6 is 0 Å². The number of carboxylic acid groups (broad SMARTS) is 1. The Morgan fingerprint density at radius 1 is 0.652 bits per heavy atom. The molecule has 0 rings (SSSR count). The third kappa shape index (κ3) is 31.3. The van der Waals surface area contributed by atoms with E-state index < -0.39 is 5.97 Å². The van der Waals surface area contributed by atoms with E-state index in [9.17, 15) is 9.90 Å². The number of carbonyl (C=O) groups is 1. The topological polar surface area (TPSA) is 40.1 Å². The van der Waals surface area contributed by atoms with E-state index in [2.05, 4.69) is 6.92 Å². The van der Waals surface area contributed by atoms with E-state index in [-0.39, 0.29) is 60.2 Å². The first-order chi connectivity index (χ1) is 9.77. The molecule has 0 radical (unpaired) electrons. The fourth-order valence-corrected chi connectivity index (χ4v) is 2.64. The summed E-state index contributed by atoms with van der Waals surface area (Å²) >= 11 is 0. The van der Waals surface area contributed by atoms with E-state index in [0.717, 1.165) is 12.8 Å². The SMILES string of the molecule is CCCCCCCCCCCCCCCCCC(=O)[O-].[F-].[Na+].[Zn+2]. The number of hydrogen-bond acceptors (Lipinski definition) is 2. The number of carbonyl (C=O) groups excluding carboxylic acids is 1. The first-order valence-electron chi connectivity index (χ1n) is 8.97. The molecule has 0 heterocycles. The second kappa shape index (κ2) is 27.9. The quantitative estimate of drug-likeness (QED) is 0.251. The Labute approximate surface area is 178 Å². The predicted octanol–water partition coefficient (Wildman–Crippen LogP) is -0.997. The normalized spacial score (nSPS) is 9.43. The van der Waals surface area contributed by atoms with Crippen molar-refractivity contribution in [3.63, 3.8) is 0 Å². The van der Waals surface area contributed by atoms with E-state index >= 15 is 0 Å². The maximum Gasteiger partial charge on any atom is 2.00 e. The Morgan fingerprint density at radius 2 is 0.913 bits per heavy atom. The van der Waals surface area contributed by atoms with Crippen LogP contribution in [0.15, 0.2) is 0 Å². The Morgan fingerprint density at radius 3 is 1.17 bits per heavy atom. The molecule has 0 saturated heterocycles. The Kier molecular flexibility index (Phi) is 38.5. The molecule has 0 aliphatic rings. The number of carboxylic acids is 1. The van der Waals surface area contributed by atoms with E-state index in [1.165, 1.54) is 83.5 Å². The molecule has 0 atom stereocenters. The summed E-state index contributed by atoms with van der Waals surface area (Å²) in [4.78, 5) is 10.2. The van der Waals surface area contributed by atoms with Gasteiger partial charge in [-0.3, -0.25) is 0 Å². The molecule has 0 aromatic carbocycles. The molecule has 5 heteroatoms. The largest absolute Gasteiger partial charge is 2.00 e. The molecule has 0 amide bonds. The monoisotopic (exact) mass is 389 g/mol. The van der Waals surface area contributed by atoms with E-state index in [0.29, 0.717) is 0 Å². The van der Waals surface area contributed by atoms with Gasteiger partial charge < -0.3 is 14.6 Å². The van der Waals surface area contributed by atoms with Crippen molar-refractivity contribution in [2.75, 3.05) is 0 Å². The summed E-state index contributed by atoms with van der Waals surface area (Å²) in [5, 5.41) is 10.2. The van der Waals surface area contributed by atoms with Crippen molar-refractivity contribution in [2.45, 2.75) is 110 Å². The van der Waals surface area contributed by atoms with Crippen LogP contribution in [-0.4, -0.2) is 5.97 Å². The maximum atomic E-state index is 10.2. The fourth-order valence-electron chi connectivity index (χ4n) is 2.64. The molecule has 0 aliphatic heterocycles. The molecular weight excluding hydrogens is 356 g/mol. The minimum Gasteiger partial charge on any atom is -1.00 e. The molecule has 0 aromatic rings.